The highest BCUT2D eigenvalue weighted by atomic mass is 32.2. The number of imidazole rings is 2. The summed E-state index contributed by atoms with van der Waals surface area (Å²) in [5, 5.41) is 5.20. The van der Waals surface area contributed by atoms with Gasteiger partial charge in [-0.15, -0.1) is 0 Å². The fraction of sp³-hybridized carbons (Fsp3) is 0.125. The number of hydrogen-bond donors (Lipinski definition) is 1. The van der Waals surface area contributed by atoms with E-state index in [0.717, 1.165) is 11.3 Å². The summed E-state index contributed by atoms with van der Waals surface area (Å²) in [5.41, 5.74) is 1.98. The summed E-state index contributed by atoms with van der Waals surface area (Å²) in [7, 11) is -2.25. The van der Waals surface area contributed by atoms with Gasteiger partial charge < -0.3 is 0 Å². The molecule has 3 aromatic heterocycles. The van der Waals surface area contributed by atoms with Crippen molar-refractivity contribution < 1.29 is 8.42 Å². The molecular weight excluding hydrogens is 468 g/mol. The third kappa shape index (κ3) is 3.80. The average Bonchev–Trinajstić information content (AvgIpc) is 3.34. The van der Waals surface area contributed by atoms with Gasteiger partial charge in [-0.25, -0.2) is 18.4 Å². The monoisotopic (exact) mass is 490 g/mol. The van der Waals surface area contributed by atoms with Crippen LogP contribution in [0.25, 0.3) is 28.7 Å². The van der Waals surface area contributed by atoms with Gasteiger partial charge in [-0.05, 0) is 36.8 Å². The highest BCUT2D eigenvalue weighted by Crippen LogP contribution is 2.22. The molecule has 2 N–H and O–H groups in total. The van der Waals surface area contributed by atoms with E-state index < -0.39 is 21.3 Å². The van der Waals surface area contributed by atoms with E-state index in [1.54, 1.807) is 40.4 Å². The van der Waals surface area contributed by atoms with Crippen LogP contribution in [0.2, 0.25) is 0 Å². The van der Waals surface area contributed by atoms with Crippen molar-refractivity contribution in [3.63, 3.8) is 0 Å². The first-order valence-corrected chi connectivity index (χ1v) is 12.3. The molecule has 5 rings (SSSR count). The van der Waals surface area contributed by atoms with Crippen LogP contribution in [0.4, 0.5) is 0 Å². The predicted octanol–water partition coefficient (Wildman–Crippen LogP) is 1.81. The highest BCUT2D eigenvalue weighted by molar-refractivity contribution is 7.89. The van der Waals surface area contributed by atoms with Gasteiger partial charge in [0.05, 0.1) is 4.90 Å². The first-order chi connectivity index (χ1) is 16.7. The summed E-state index contributed by atoms with van der Waals surface area (Å²) < 4.78 is 29.1. The van der Waals surface area contributed by atoms with Gasteiger partial charge in [0, 0.05) is 31.2 Å². The van der Waals surface area contributed by atoms with E-state index in [1.165, 1.54) is 21.3 Å². The Morgan fingerprint density at radius 2 is 1.71 bits per heavy atom. The molecule has 0 radical (unpaired) electrons. The molecule has 0 fully saturated rings. The number of allylic oxidation sites excluding steroid dienone is 1. The first kappa shape index (κ1) is 22.6. The molecule has 3 heterocycles. The van der Waals surface area contributed by atoms with Gasteiger partial charge in [0.2, 0.25) is 15.8 Å². The highest BCUT2D eigenvalue weighted by Gasteiger charge is 2.20. The zero-order valence-corrected chi connectivity index (χ0v) is 19.8. The van der Waals surface area contributed by atoms with Gasteiger partial charge in [0.15, 0.2) is 11.2 Å². The number of primary sulfonamides is 1. The SMILES string of the molecule is Cc1cn2c3c(=O)n(CC=Cc4ccccc4)c(=O)n(C)c3nc2n1-c1ccc(S(N)(=O)=O)cc1. The largest absolute Gasteiger partial charge is 0.332 e. The molecule has 0 saturated carbocycles. The van der Waals surface area contributed by atoms with Crippen molar-refractivity contribution in [2.75, 3.05) is 0 Å². The van der Waals surface area contributed by atoms with E-state index in [4.69, 9.17) is 5.14 Å². The van der Waals surface area contributed by atoms with Crippen LogP contribution in [0.1, 0.15) is 11.3 Å². The summed E-state index contributed by atoms with van der Waals surface area (Å²) in [4.78, 5) is 30.9. The third-order valence-electron chi connectivity index (χ3n) is 5.85. The van der Waals surface area contributed by atoms with Crippen LogP contribution < -0.4 is 16.4 Å². The van der Waals surface area contributed by atoms with Gasteiger partial charge in [-0.2, -0.15) is 4.98 Å². The van der Waals surface area contributed by atoms with Gasteiger partial charge in [-0.3, -0.25) is 22.9 Å². The molecule has 0 saturated heterocycles. The summed E-state index contributed by atoms with van der Waals surface area (Å²) in [6.45, 7) is 1.95. The lowest BCUT2D eigenvalue weighted by atomic mass is 10.2. The molecule has 178 valence electrons. The van der Waals surface area contributed by atoms with Crippen LogP contribution >= 0.6 is 0 Å². The molecule has 0 aliphatic heterocycles. The van der Waals surface area contributed by atoms with Crippen molar-refractivity contribution in [2.45, 2.75) is 18.4 Å². The average molecular weight is 491 g/mol. The Bertz CT molecular complexity index is 1840. The molecule has 0 spiro atoms. The molecule has 5 aromatic rings. The van der Waals surface area contributed by atoms with Crippen LogP contribution in [0.15, 0.2) is 81.4 Å². The molecule has 0 unspecified atom stereocenters. The molecule has 35 heavy (non-hydrogen) atoms. The Hall–Kier alpha value is -4.22. The minimum absolute atomic E-state index is 0.00979. The van der Waals surface area contributed by atoms with E-state index in [0.29, 0.717) is 11.5 Å². The minimum Gasteiger partial charge on any atom is -0.283 e. The number of hydrogen-bond acceptors (Lipinski definition) is 5. The van der Waals surface area contributed by atoms with Crippen molar-refractivity contribution in [3.05, 3.63) is 99.0 Å². The molecule has 0 bridgehead atoms. The maximum atomic E-state index is 13.4. The zero-order valence-electron chi connectivity index (χ0n) is 19.0. The first-order valence-electron chi connectivity index (χ1n) is 10.7. The maximum Gasteiger partial charge on any atom is 0.332 e. The fourth-order valence-corrected chi connectivity index (χ4v) is 4.65. The Morgan fingerprint density at radius 1 is 1.03 bits per heavy atom. The van der Waals surface area contributed by atoms with Crippen molar-refractivity contribution in [1.29, 1.82) is 0 Å². The molecule has 11 heteroatoms. The number of rotatable bonds is 5. The van der Waals surface area contributed by atoms with E-state index >= 15 is 0 Å². The maximum absolute atomic E-state index is 13.4. The molecule has 2 aromatic carbocycles. The zero-order chi connectivity index (χ0) is 24.9. The third-order valence-corrected chi connectivity index (χ3v) is 6.78. The lowest BCUT2D eigenvalue weighted by Crippen LogP contribution is -2.39. The predicted molar refractivity (Wildman–Crippen MR) is 133 cm³/mol. The molecule has 0 aliphatic rings. The number of sulfonamides is 1. The second-order valence-corrected chi connectivity index (χ2v) is 9.73. The quantitative estimate of drug-likeness (QED) is 0.402. The number of nitrogens with zero attached hydrogens (tertiary/aromatic N) is 5. The second kappa shape index (κ2) is 8.22. The standard InChI is InChI=1S/C24H22N6O4S/c1-16-15-29-20-21(26-23(29)30(16)18-10-12-19(13-11-18)35(25,33)34)27(2)24(32)28(22(20)31)14-6-9-17-7-4-3-5-8-17/h3-13,15H,14H2,1-2H3,(H2,25,33,34). The van der Waals surface area contributed by atoms with Gasteiger partial charge in [-0.1, -0.05) is 42.5 Å². The molecule has 0 atom stereocenters. The molecule has 0 amide bonds. The lowest BCUT2D eigenvalue weighted by molar-refractivity contribution is 0.598. The smallest absolute Gasteiger partial charge is 0.283 e. The number of fused-ring (bicyclic) bond motifs is 3. The van der Waals surface area contributed by atoms with Crippen molar-refractivity contribution in [3.8, 4) is 5.69 Å². The topological polar surface area (TPSA) is 126 Å². The number of nitrogens with two attached hydrogens (primary N) is 1. The molecule has 0 aliphatic carbocycles. The van der Waals surface area contributed by atoms with Crippen LogP contribution in [0, 0.1) is 6.92 Å². The Kier molecular flexibility index (Phi) is 5.30. The second-order valence-electron chi connectivity index (χ2n) is 8.17. The number of aryl methyl sites for hydroxylation is 2. The molecular formula is C24H22N6O4S. The van der Waals surface area contributed by atoms with Gasteiger partial charge >= 0.3 is 5.69 Å². The Morgan fingerprint density at radius 3 is 2.37 bits per heavy atom. The minimum atomic E-state index is -3.83. The summed E-state index contributed by atoms with van der Waals surface area (Å²) in [6, 6.07) is 15.6. The van der Waals surface area contributed by atoms with E-state index in [1.807, 2.05) is 43.3 Å². The van der Waals surface area contributed by atoms with Crippen LogP contribution in [0.5, 0.6) is 0 Å². The number of benzene rings is 2. The van der Waals surface area contributed by atoms with E-state index in [2.05, 4.69) is 4.98 Å². The van der Waals surface area contributed by atoms with Crippen LogP contribution in [-0.2, 0) is 23.6 Å². The fourth-order valence-electron chi connectivity index (χ4n) is 4.13. The Balaban J connectivity index is 1.66. The van der Waals surface area contributed by atoms with E-state index in [-0.39, 0.29) is 22.6 Å². The van der Waals surface area contributed by atoms with Crippen molar-refractivity contribution in [1.82, 2.24) is 23.1 Å². The lowest BCUT2D eigenvalue weighted by Gasteiger charge is -2.07. The van der Waals surface area contributed by atoms with Crippen LogP contribution in [-0.4, -0.2) is 31.5 Å². The van der Waals surface area contributed by atoms with Crippen molar-refractivity contribution >= 4 is 33.0 Å². The van der Waals surface area contributed by atoms with Crippen LogP contribution in [0.3, 0.4) is 0 Å². The number of aromatic nitrogens is 5. The van der Waals surface area contributed by atoms with E-state index in [9.17, 15) is 18.0 Å². The van der Waals surface area contributed by atoms with Gasteiger partial charge in [0.1, 0.15) is 0 Å². The molecule has 10 nitrogen and oxygen atoms in total. The van der Waals surface area contributed by atoms with Gasteiger partial charge in [0.25, 0.3) is 5.56 Å². The summed E-state index contributed by atoms with van der Waals surface area (Å²) >= 11 is 0. The normalized spacial score (nSPS) is 12.3. The Labute approximate surface area is 199 Å². The summed E-state index contributed by atoms with van der Waals surface area (Å²) in [6.07, 6.45) is 5.38. The summed E-state index contributed by atoms with van der Waals surface area (Å²) in [5.74, 6) is 0.422. The van der Waals surface area contributed by atoms with Crippen molar-refractivity contribution in [2.24, 2.45) is 12.2 Å².